The third kappa shape index (κ3) is 4.16. The highest BCUT2D eigenvalue weighted by Crippen LogP contribution is 2.25. The van der Waals surface area contributed by atoms with Crippen molar-refractivity contribution in [2.45, 2.75) is 19.4 Å². The van der Waals surface area contributed by atoms with E-state index in [2.05, 4.69) is 73.5 Å². The third-order valence-electron chi connectivity index (χ3n) is 6.16. The topological polar surface area (TPSA) is 83.6 Å². The quantitative estimate of drug-likeness (QED) is 0.504. The van der Waals surface area contributed by atoms with E-state index in [4.69, 9.17) is 0 Å². The van der Waals surface area contributed by atoms with Gasteiger partial charge in [-0.2, -0.15) is 4.52 Å². The molecule has 1 aromatic carbocycles. The molecule has 32 heavy (non-hydrogen) atoms. The van der Waals surface area contributed by atoms with Crippen LogP contribution in [0, 0.1) is 5.92 Å². The zero-order valence-electron chi connectivity index (χ0n) is 18.5. The van der Waals surface area contributed by atoms with Crippen LogP contribution in [0.25, 0.3) is 16.6 Å². The number of amides is 1. The number of benzene rings is 1. The maximum absolute atomic E-state index is 12.9. The Hall–Kier alpha value is -3.46. The second-order valence-electron chi connectivity index (χ2n) is 8.66. The molecule has 0 radical (unpaired) electrons. The first-order valence-corrected chi connectivity index (χ1v) is 11.0. The lowest BCUT2D eigenvalue weighted by atomic mass is 9.95. The second kappa shape index (κ2) is 8.58. The van der Waals surface area contributed by atoms with Crippen LogP contribution < -0.4 is 10.2 Å². The van der Waals surface area contributed by atoms with E-state index in [1.165, 1.54) is 5.52 Å². The summed E-state index contributed by atoms with van der Waals surface area (Å²) in [5.41, 5.74) is 2.78. The van der Waals surface area contributed by atoms with E-state index in [1.54, 1.807) is 10.8 Å². The van der Waals surface area contributed by atoms with Crippen LogP contribution in [0.4, 0.5) is 11.5 Å². The summed E-state index contributed by atoms with van der Waals surface area (Å²) < 4.78 is 3.93. The van der Waals surface area contributed by atoms with Crippen LogP contribution in [-0.2, 0) is 11.3 Å². The van der Waals surface area contributed by atoms with E-state index in [-0.39, 0.29) is 11.8 Å². The van der Waals surface area contributed by atoms with Crippen LogP contribution in [0.1, 0.15) is 12.8 Å². The summed E-state index contributed by atoms with van der Waals surface area (Å²) in [6, 6.07) is 12.1. The lowest BCUT2D eigenvalue weighted by Crippen LogP contribution is -2.38. The van der Waals surface area contributed by atoms with Crippen LogP contribution in [-0.4, -0.2) is 68.9 Å². The zero-order chi connectivity index (χ0) is 22.1. The van der Waals surface area contributed by atoms with Crippen molar-refractivity contribution < 1.29 is 4.79 Å². The molecule has 0 spiro atoms. The number of nitrogens with one attached hydrogen (secondary N) is 1. The molecular formula is C23H28N8O. The number of carbonyl (C=O) groups is 1. The normalized spacial score (nSPS) is 15.2. The van der Waals surface area contributed by atoms with Gasteiger partial charge in [-0.1, -0.05) is 0 Å². The number of hydrogen-bond donors (Lipinski definition) is 1. The summed E-state index contributed by atoms with van der Waals surface area (Å²) in [6.07, 6.45) is 5.32. The Kier molecular flexibility index (Phi) is 5.48. The van der Waals surface area contributed by atoms with Gasteiger partial charge < -0.3 is 19.7 Å². The summed E-state index contributed by atoms with van der Waals surface area (Å²) in [4.78, 5) is 17.3. The van der Waals surface area contributed by atoms with E-state index >= 15 is 0 Å². The number of hydrogen-bond acceptors (Lipinski definition) is 6. The van der Waals surface area contributed by atoms with Crippen molar-refractivity contribution >= 4 is 34.0 Å². The number of likely N-dealkylation sites (N-methyl/N-ethyl adjacent to an activating group) is 1. The standard InChI is InChI=1S/C23H28N8O/c1-28(2)13-14-29-10-9-18-15-19(3-4-20(18)29)25-23(32)17-7-11-30(12-8-17)22-6-5-21-26-24-16-31(21)27-22/h3-6,9-10,15-17H,7-8,11-14H2,1-2H3,(H,25,32). The average molecular weight is 433 g/mol. The van der Waals surface area contributed by atoms with E-state index < -0.39 is 0 Å². The van der Waals surface area contributed by atoms with Crippen molar-refractivity contribution in [2.75, 3.05) is 43.9 Å². The highest BCUT2D eigenvalue weighted by Gasteiger charge is 2.26. The Balaban J connectivity index is 1.19. The fraction of sp³-hybridized carbons (Fsp3) is 0.391. The molecule has 3 aromatic heterocycles. The fourth-order valence-electron chi connectivity index (χ4n) is 4.28. The molecule has 1 N–H and O–H groups in total. The van der Waals surface area contributed by atoms with Gasteiger partial charge in [-0.3, -0.25) is 4.79 Å². The minimum absolute atomic E-state index is 0.00489. The Morgan fingerprint density at radius 2 is 2.00 bits per heavy atom. The number of piperidine rings is 1. The third-order valence-corrected chi connectivity index (χ3v) is 6.16. The summed E-state index contributed by atoms with van der Waals surface area (Å²) in [7, 11) is 4.16. The summed E-state index contributed by atoms with van der Waals surface area (Å²) >= 11 is 0. The van der Waals surface area contributed by atoms with Gasteiger partial charge in [0.05, 0.1) is 0 Å². The highest BCUT2D eigenvalue weighted by atomic mass is 16.1. The maximum atomic E-state index is 12.9. The van der Waals surface area contributed by atoms with Gasteiger partial charge in [-0.25, -0.2) is 0 Å². The smallest absolute Gasteiger partial charge is 0.227 e. The van der Waals surface area contributed by atoms with Gasteiger partial charge in [-0.15, -0.1) is 15.3 Å². The van der Waals surface area contributed by atoms with Gasteiger partial charge in [0.2, 0.25) is 5.91 Å². The number of anilines is 2. The monoisotopic (exact) mass is 432 g/mol. The Labute approximate surface area is 186 Å². The van der Waals surface area contributed by atoms with Gasteiger partial charge in [0.25, 0.3) is 0 Å². The van der Waals surface area contributed by atoms with E-state index in [9.17, 15) is 4.79 Å². The molecule has 0 unspecified atom stereocenters. The molecule has 4 aromatic rings. The molecule has 9 nitrogen and oxygen atoms in total. The Morgan fingerprint density at radius 1 is 1.16 bits per heavy atom. The van der Waals surface area contributed by atoms with Crippen LogP contribution in [0.15, 0.2) is 48.9 Å². The number of rotatable bonds is 6. The molecule has 1 fully saturated rings. The molecule has 1 aliphatic rings. The number of nitrogens with zero attached hydrogens (tertiary/aromatic N) is 7. The summed E-state index contributed by atoms with van der Waals surface area (Å²) in [6.45, 7) is 3.53. The minimum atomic E-state index is 0.00489. The SMILES string of the molecule is CN(C)CCn1ccc2cc(NC(=O)C3CCN(c4ccc5nncn5n4)CC3)ccc21. The van der Waals surface area contributed by atoms with E-state index in [0.717, 1.165) is 61.6 Å². The molecule has 0 bridgehead atoms. The molecule has 5 rings (SSSR count). The van der Waals surface area contributed by atoms with Crippen LogP contribution >= 0.6 is 0 Å². The summed E-state index contributed by atoms with van der Waals surface area (Å²) in [5.74, 6) is 0.990. The minimum Gasteiger partial charge on any atom is -0.355 e. The molecule has 4 heterocycles. The highest BCUT2D eigenvalue weighted by molar-refractivity contribution is 5.95. The number of aromatic nitrogens is 5. The van der Waals surface area contributed by atoms with Crippen molar-refractivity contribution in [2.24, 2.45) is 5.92 Å². The van der Waals surface area contributed by atoms with Crippen LogP contribution in [0.2, 0.25) is 0 Å². The first-order chi connectivity index (χ1) is 15.6. The zero-order valence-corrected chi connectivity index (χ0v) is 18.5. The molecule has 166 valence electrons. The number of carbonyl (C=O) groups excluding carboxylic acids is 1. The number of fused-ring (bicyclic) bond motifs is 2. The van der Waals surface area contributed by atoms with Crippen molar-refractivity contribution in [3.63, 3.8) is 0 Å². The summed E-state index contributed by atoms with van der Waals surface area (Å²) in [5, 5.41) is 16.7. The Bertz CT molecular complexity index is 1240. The predicted octanol–water partition coefficient (Wildman–Crippen LogP) is 2.50. The van der Waals surface area contributed by atoms with Gasteiger partial charge in [0, 0.05) is 54.9 Å². The molecular weight excluding hydrogens is 404 g/mol. The molecule has 0 saturated carbocycles. The van der Waals surface area contributed by atoms with Gasteiger partial charge >= 0.3 is 0 Å². The lowest BCUT2D eigenvalue weighted by molar-refractivity contribution is -0.120. The predicted molar refractivity (Wildman–Crippen MR) is 125 cm³/mol. The maximum Gasteiger partial charge on any atom is 0.227 e. The molecule has 0 aliphatic carbocycles. The van der Waals surface area contributed by atoms with Crippen molar-refractivity contribution in [1.29, 1.82) is 0 Å². The lowest BCUT2D eigenvalue weighted by Gasteiger charge is -2.32. The van der Waals surface area contributed by atoms with Crippen molar-refractivity contribution in [3.05, 3.63) is 48.9 Å². The molecule has 1 aliphatic heterocycles. The van der Waals surface area contributed by atoms with Crippen molar-refractivity contribution in [3.8, 4) is 0 Å². The second-order valence-corrected chi connectivity index (χ2v) is 8.66. The van der Waals surface area contributed by atoms with Gasteiger partial charge in [0.15, 0.2) is 5.65 Å². The molecule has 0 atom stereocenters. The van der Waals surface area contributed by atoms with Gasteiger partial charge in [-0.05, 0) is 63.3 Å². The van der Waals surface area contributed by atoms with E-state index in [1.807, 2.05) is 18.2 Å². The van der Waals surface area contributed by atoms with Crippen LogP contribution in [0.5, 0.6) is 0 Å². The average Bonchev–Trinajstić information content (AvgIpc) is 3.43. The van der Waals surface area contributed by atoms with Gasteiger partial charge in [0.1, 0.15) is 12.1 Å². The molecule has 9 heteroatoms. The van der Waals surface area contributed by atoms with E-state index in [0.29, 0.717) is 0 Å². The molecule has 1 amide bonds. The first-order valence-electron chi connectivity index (χ1n) is 11.0. The van der Waals surface area contributed by atoms with Crippen molar-refractivity contribution in [1.82, 2.24) is 29.3 Å². The first kappa shape index (κ1) is 20.4. The van der Waals surface area contributed by atoms with Crippen LogP contribution in [0.3, 0.4) is 0 Å². The Morgan fingerprint density at radius 3 is 2.81 bits per heavy atom. The fourth-order valence-corrected chi connectivity index (χ4v) is 4.28. The molecule has 1 saturated heterocycles. The largest absolute Gasteiger partial charge is 0.355 e.